The number of esters is 1. The lowest BCUT2D eigenvalue weighted by atomic mass is 10.1. The molecular weight excluding hydrogens is 200 g/mol. The first-order valence-electron chi connectivity index (χ1n) is 6.02. The average Bonchev–Trinajstić information content (AvgIpc) is 3.08. The minimum Gasteiger partial charge on any atom is -0.466 e. The lowest BCUT2D eigenvalue weighted by molar-refractivity contribution is -0.145. The van der Waals surface area contributed by atoms with Gasteiger partial charge in [0, 0.05) is 0 Å². The largest absolute Gasteiger partial charge is 0.466 e. The van der Waals surface area contributed by atoms with Gasteiger partial charge < -0.3 is 4.74 Å². The maximum Gasteiger partial charge on any atom is 0.309 e. The molecule has 0 heterocycles. The third kappa shape index (κ3) is 2.84. The quantitative estimate of drug-likeness (QED) is 0.710. The summed E-state index contributed by atoms with van der Waals surface area (Å²) in [6.07, 6.45) is 3.20. The first-order valence-corrected chi connectivity index (χ1v) is 6.02. The summed E-state index contributed by atoms with van der Waals surface area (Å²) in [6.45, 7) is 2.36. The standard InChI is InChI=1S/C14H18O2/c1-2-16-14(15)13-10-12(13)9-8-11-6-4-3-5-7-11/h3-7,12-13H,2,8-10H2,1H3/t12-,13+/m1/s1. The third-order valence-corrected chi connectivity index (χ3v) is 3.16. The van der Waals surface area contributed by atoms with Crippen LogP contribution in [0.4, 0.5) is 0 Å². The van der Waals surface area contributed by atoms with Crippen molar-refractivity contribution in [2.75, 3.05) is 6.61 Å². The van der Waals surface area contributed by atoms with Crippen LogP contribution in [0.15, 0.2) is 30.3 Å². The molecule has 86 valence electrons. The number of aryl methyl sites for hydroxylation is 1. The van der Waals surface area contributed by atoms with Gasteiger partial charge in [-0.05, 0) is 37.7 Å². The topological polar surface area (TPSA) is 26.3 Å². The lowest BCUT2D eigenvalue weighted by Crippen LogP contribution is -2.07. The van der Waals surface area contributed by atoms with Gasteiger partial charge in [-0.2, -0.15) is 0 Å². The van der Waals surface area contributed by atoms with E-state index in [1.807, 2.05) is 13.0 Å². The van der Waals surface area contributed by atoms with Crippen molar-refractivity contribution in [2.45, 2.75) is 26.2 Å². The van der Waals surface area contributed by atoms with Crippen LogP contribution in [0.25, 0.3) is 0 Å². The van der Waals surface area contributed by atoms with Gasteiger partial charge in [0.05, 0.1) is 12.5 Å². The van der Waals surface area contributed by atoms with Gasteiger partial charge >= 0.3 is 5.97 Å². The fraction of sp³-hybridized carbons (Fsp3) is 0.500. The van der Waals surface area contributed by atoms with Gasteiger partial charge in [0.1, 0.15) is 0 Å². The number of hydrogen-bond donors (Lipinski definition) is 0. The molecule has 0 unspecified atom stereocenters. The monoisotopic (exact) mass is 218 g/mol. The van der Waals surface area contributed by atoms with Crippen molar-refractivity contribution < 1.29 is 9.53 Å². The van der Waals surface area contributed by atoms with E-state index in [9.17, 15) is 4.79 Å². The second kappa shape index (κ2) is 5.15. The minimum atomic E-state index is 0.000520. The molecule has 2 nitrogen and oxygen atoms in total. The van der Waals surface area contributed by atoms with E-state index in [2.05, 4.69) is 24.3 Å². The molecule has 16 heavy (non-hydrogen) atoms. The molecule has 0 bridgehead atoms. The maximum atomic E-state index is 11.4. The van der Waals surface area contributed by atoms with Crippen molar-refractivity contribution >= 4 is 5.97 Å². The number of rotatable bonds is 5. The molecule has 0 aromatic heterocycles. The number of hydrogen-bond acceptors (Lipinski definition) is 2. The molecule has 0 radical (unpaired) electrons. The summed E-state index contributed by atoms with van der Waals surface area (Å²) in [5, 5.41) is 0. The van der Waals surface area contributed by atoms with E-state index in [-0.39, 0.29) is 11.9 Å². The summed E-state index contributed by atoms with van der Waals surface area (Å²) in [5.74, 6) is 0.739. The van der Waals surface area contributed by atoms with Crippen LogP contribution >= 0.6 is 0 Å². The molecule has 1 aromatic rings. The zero-order valence-electron chi connectivity index (χ0n) is 9.69. The van der Waals surface area contributed by atoms with Crippen molar-refractivity contribution in [2.24, 2.45) is 11.8 Å². The van der Waals surface area contributed by atoms with Gasteiger partial charge in [-0.15, -0.1) is 0 Å². The Morgan fingerprint density at radius 3 is 2.81 bits per heavy atom. The highest BCUT2D eigenvalue weighted by Gasteiger charge is 2.43. The Hall–Kier alpha value is -1.31. The van der Waals surface area contributed by atoms with E-state index < -0.39 is 0 Å². The second-order valence-electron chi connectivity index (χ2n) is 4.38. The highest BCUT2D eigenvalue weighted by atomic mass is 16.5. The summed E-state index contributed by atoms with van der Waals surface area (Å²) in [6, 6.07) is 10.4. The van der Waals surface area contributed by atoms with Crippen molar-refractivity contribution in [3.8, 4) is 0 Å². The highest BCUT2D eigenvalue weighted by Crippen LogP contribution is 2.42. The molecule has 0 N–H and O–H groups in total. The molecule has 2 heteroatoms. The van der Waals surface area contributed by atoms with Gasteiger partial charge in [-0.3, -0.25) is 4.79 Å². The first-order chi connectivity index (χ1) is 7.81. The zero-order chi connectivity index (χ0) is 11.4. The Balaban J connectivity index is 1.72. The fourth-order valence-electron chi connectivity index (χ4n) is 2.10. The molecule has 1 aliphatic rings. The molecule has 0 saturated heterocycles. The average molecular weight is 218 g/mol. The second-order valence-corrected chi connectivity index (χ2v) is 4.38. The normalized spacial score (nSPS) is 22.8. The predicted octanol–water partition coefficient (Wildman–Crippen LogP) is 2.82. The van der Waals surface area contributed by atoms with Crippen LogP contribution in [0.2, 0.25) is 0 Å². The first kappa shape index (κ1) is 11.2. The van der Waals surface area contributed by atoms with Gasteiger partial charge in [-0.1, -0.05) is 30.3 Å². The Morgan fingerprint density at radius 2 is 2.12 bits per heavy atom. The number of benzene rings is 1. The lowest BCUT2D eigenvalue weighted by Gasteiger charge is -2.01. The summed E-state index contributed by atoms with van der Waals surface area (Å²) in [4.78, 5) is 11.4. The van der Waals surface area contributed by atoms with E-state index in [1.54, 1.807) is 0 Å². The summed E-state index contributed by atoms with van der Waals surface area (Å²) < 4.78 is 5.01. The molecule has 1 aromatic carbocycles. The van der Waals surface area contributed by atoms with Crippen LogP contribution in [0, 0.1) is 11.8 Å². The van der Waals surface area contributed by atoms with Gasteiger partial charge in [0.15, 0.2) is 0 Å². The van der Waals surface area contributed by atoms with Gasteiger partial charge in [-0.25, -0.2) is 0 Å². The van der Waals surface area contributed by atoms with Crippen molar-refractivity contribution in [3.05, 3.63) is 35.9 Å². The molecular formula is C14H18O2. The van der Waals surface area contributed by atoms with E-state index >= 15 is 0 Å². The number of ether oxygens (including phenoxy) is 1. The molecule has 2 rings (SSSR count). The van der Waals surface area contributed by atoms with Crippen molar-refractivity contribution in [1.29, 1.82) is 0 Å². The van der Waals surface area contributed by atoms with Gasteiger partial charge in [0.25, 0.3) is 0 Å². The molecule has 0 amide bonds. The summed E-state index contributed by atoms with van der Waals surface area (Å²) in [7, 11) is 0. The smallest absolute Gasteiger partial charge is 0.309 e. The van der Waals surface area contributed by atoms with E-state index in [0.717, 1.165) is 19.3 Å². The zero-order valence-corrected chi connectivity index (χ0v) is 9.69. The van der Waals surface area contributed by atoms with Crippen LogP contribution in [0.1, 0.15) is 25.3 Å². The van der Waals surface area contributed by atoms with Crippen LogP contribution in [-0.2, 0) is 16.0 Å². The Labute approximate surface area is 96.6 Å². The Morgan fingerprint density at radius 1 is 1.38 bits per heavy atom. The van der Waals surface area contributed by atoms with Crippen LogP contribution in [0.3, 0.4) is 0 Å². The predicted molar refractivity (Wildman–Crippen MR) is 63.0 cm³/mol. The summed E-state index contributed by atoms with van der Waals surface area (Å²) in [5.41, 5.74) is 1.36. The molecule has 0 spiro atoms. The fourth-order valence-corrected chi connectivity index (χ4v) is 2.10. The number of carbonyl (C=O) groups excluding carboxylic acids is 1. The van der Waals surface area contributed by atoms with Crippen LogP contribution in [-0.4, -0.2) is 12.6 Å². The van der Waals surface area contributed by atoms with Gasteiger partial charge in [0.2, 0.25) is 0 Å². The minimum absolute atomic E-state index is 0.000520. The third-order valence-electron chi connectivity index (χ3n) is 3.16. The molecule has 2 atom stereocenters. The molecule has 0 aliphatic heterocycles. The van der Waals surface area contributed by atoms with Crippen molar-refractivity contribution in [1.82, 2.24) is 0 Å². The van der Waals surface area contributed by atoms with Crippen molar-refractivity contribution in [3.63, 3.8) is 0 Å². The molecule has 1 aliphatic carbocycles. The Bertz CT molecular complexity index is 345. The SMILES string of the molecule is CCOC(=O)[C@H]1C[C@H]1CCc1ccccc1. The van der Waals surface area contributed by atoms with Crippen LogP contribution in [0.5, 0.6) is 0 Å². The Kier molecular flexibility index (Phi) is 3.60. The molecule has 1 saturated carbocycles. The van der Waals surface area contributed by atoms with E-state index in [1.165, 1.54) is 5.56 Å². The maximum absolute atomic E-state index is 11.4. The van der Waals surface area contributed by atoms with E-state index in [4.69, 9.17) is 4.74 Å². The highest BCUT2D eigenvalue weighted by molar-refractivity contribution is 5.75. The van der Waals surface area contributed by atoms with Crippen LogP contribution < -0.4 is 0 Å². The summed E-state index contributed by atoms with van der Waals surface area (Å²) >= 11 is 0. The molecule has 1 fully saturated rings. The van der Waals surface area contributed by atoms with E-state index in [0.29, 0.717) is 12.5 Å². The number of carbonyl (C=O) groups is 1.